The maximum atomic E-state index is 13.4. The minimum Gasteiger partial charge on any atom is -0.474 e. The summed E-state index contributed by atoms with van der Waals surface area (Å²) in [5.41, 5.74) is 4.03. The van der Waals surface area contributed by atoms with Gasteiger partial charge in [-0.2, -0.15) is 0 Å². The Labute approximate surface area is 233 Å². The number of hydrogen-bond donors (Lipinski definition) is 5. The molecule has 0 spiro atoms. The van der Waals surface area contributed by atoms with Crippen LogP contribution in [0.15, 0.2) is 9.42 Å². The number of amides is 3. The Bertz CT molecular complexity index is 1030. The van der Waals surface area contributed by atoms with Crippen molar-refractivity contribution in [3.63, 3.8) is 0 Å². The number of nitrogens with two attached hydrogens (primary N) is 1. The van der Waals surface area contributed by atoms with Gasteiger partial charge >= 0.3 is 0 Å². The van der Waals surface area contributed by atoms with Gasteiger partial charge in [-0.15, -0.1) is 11.8 Å². The van der Waals surface area contributed by atoms with E-state index in [4.69, 9.17) is 15.0 Å². The van der Waals surface area contributed by atoms with Crippen LogP contribution in [0.4, 0.5) is 0 Å². The van der Waals surface area contributed by atoms with Crippen LogP contribution in [0.3, 0.4) is 0 Å². The standard InChI is InChI=1S/C27H42N4O7S/c1-13(2)39-22-21(23(33)30-20-16-8-14-7-15(10-16)11-17(20)9-14)38-31-24(22)37-12-27(3,4)26(36)29-18(25(34)35)5-6-19(28)32/h13-18,20,25,34-35H,5-12H2,1-4H3,(H2,28,32)(H,29,36)(H,30,33)/t14?,15?,16?,17?,18-,20?/m1/s1. The van der Waals surface area contributed by atoms with Crippen LogP contribution < -0.4 is 21.1 Å². The number of hydrogen-bond acceptors (Lipinski definition) is 9. The first-order chi connectivity index (χ1) is 18.3. The van der Waals surface area contributed by atoms with Gasteiger partial charge in [-0.1, -0.05) is 13.8 Å². The van der Waals surface area contributed by atoms with Crippen LogP contribution in [-0.2, 0) is 9.59 Å². The molecule has 218 valence electrons. The normalized spacial score (nSPS) is 26.6. The largest absolute Gasteiger partial charge is 0.474 e. The van der Waals surface area contributed by atoms with E-state index in [0.29, 0.717) is 16.7 Å². The van der Waals surface area contributed by atoms with E-state index in [2.05, 4.69) is 15.8 Å². The monoisotopic (exact) mass is 566 g/mol. The zero-order chi connectivity index (χ0) is 28.5. The van der Waals surface area contributed by atoms with Crippen LogP contribution in [0, 0.1) is 29.1 Å². The van der Waals surface area contributed by atoms with Gasteiger partial charge in [0.1, 0.15) is 11.5 Å². The maximum Gasteiger partial charge on any atom is 0.291 e. The van der Waals surface area contributed by atoms with Crippen molar-refractivity contribution < 1.29 is 33.9 Å². The van der Waals surface area contributed by atoms with Gasteiger partial charge in [-0.3, -0.25) is 14.4 Å². The number of carbonyl (C=O) groups excluding carboxylic acids is 3. The van der Waals surface area contributed by atoms with Crippen LogP contribution in [0.1, 0.15) is 83.2 Å². The van der Waals surface area contributed by atoms with E-state index in [0.717, 1.165) is 11.8 Å². The Morgan fingerprint density at radius 1 is 1.13 bits per heavy atom. The van der Waals surface area contributed by atoms with Crippen LogP contribution in [0.5, 0.6) is 5.88 Å². The number of aromatic nitrogens is 1. The molecule has 4 bridgehead atoms. The molecule has 39 heavy (non-hydrogen) atoms. The fraction of sp³-hybridized carbons (Fsp3) is 0.778. The van der Waals surface area contributed by atoms with Gasteiger partial charge in [-0.05, 0) is 81.2 Å². The SMILES string of the molecule is CC(C)Sc1c(OCC(C)(C)C(=O)N[C@H](CCC(N)=O)C(O)O)noc1C(=O)NC1C2CC3CC(C2)CC1C3. The molecule has 4 saturated carbocycles. The van der Waals surface area contributed by atoms with E-state index in [1.807, 2.05) is 13.8 Å². The highest BCUT2D eigenvalue weighted by molar-refractivity contribution is 8.00. The molecular weight excluding hydrogens is 524 g/mol. The molecule has 12 heteroatoms. The summed E-state index contributed by atoms with van der Waals surface area (Å²) in [5.74, 6) is 1.50. The first-order valence-corrected chi connectivity index (χ1v) is 14.8. The van der Waals surface area contributed by atoms with Gasteiger partial charge in [0.2, 0.25) is 17.6 Å². The van der Waals surface area contributed by atoms with Gasteiger partial charge in [0.15, 0.2) is 6.29 Å². The molecule has 5 rings (SSSR count). The number of primary amides is 1. The zero-order valence-corrected chi connectivity index (χ0v) is 24.0. The fourth-order valence-corrected chi connectivity index (χ4v) is 7.40. The predicted octanol–water partition coefficient (Wildman–Crippen LogP) is 2.20. The van der Waals surface area contributed by atoms with Crippen LogP contribution in [0.2, 0.25) is 0 Å². The lowest BCUT2D eigenvalue weighted by Gasteiger charge is -2.54. The van der Waals surface area contributed by atoms with Crippen molar-refractivity contribution >= 4 is 29.5 Å². The number of carbonyl (C=O) groups is 3. The molecule has 3 amide bonds. The lowest BCUT2D eigenvalue weighted by molar-refractivity contribution is -0.137. The second-order valence-electron chi connectivity index (χ2n) is 12.4. The highest BCUT2D eigenvalue weighted by Gasteiger charge is 2.49. The zero-order valence-electron chi connectivity index (χ0n) is 23.1. The van der Waals surface area contributed by atoms with Crippen molar-refractivity contribution in [2.45, 2.75) is 101 Å². The smallest absolute Gasteiger partial charge is 0.291 e. The Hall–Kier alpha value is -2.31. The van der Waals surface area contributed by atoms with E-state index in [1.165, 1.54) is 43.9 Å². The Morgan fingerprint density at radius 3 is 2.28 bits per heavy atom. The van der Waals surface area contributed by atoms with Crippen molar-refractivity contribution in [3.8, 4) is 5.88 Å². The predicted molar refractivity (Wildman–Crippen MR) is 144 cm³/mol. The quantitative estimate of drug-likeness (QED) is 0.177. The summed E-state index contributed by atoms with van der Waals surface area (Å²) >= 11 is 1.41. The fourth-order valence-electron chi connectivity index (χ4n) is 6.49. The lowest BCUT2D eigenvalue weighted by Crippen LogP contribution is -2.55. The molecule has 4 aliphatic carbocycles. The van der Waals surface area contributed by atoms with Crippen LogP contribution in [-0.4, -0.2) is 63.3 Å². The van der Waals surface area contributed by atoms with Gasteiger partial charge in [0.25, 0.3) is 11.8 Å². The average molecular weight is 567 g/mol. The molecular formula is C27H42N4O7S. The minimum atomic E-state index is -1.86. The Morgan fingerprint density at radius 2 is 1.74 bits per heavy atom. The molecule has 4 aliphatic rings. The van der Waals surface area contributed by atoms with E-state index < -0.39 is 29.6 Å². The summed E-state index contributed by atoms with van der Waals surface area (Å²) in [5, 5.41) is 29.2. The summed E-state index contributed by atoms with van der Waals surface area (Å²) in [6.07, 6.45) is 4.10. The number of rotatable bonds is 13. The maximum absolute atomic E-state index is 13.4. The summed E-state index contributed by atoms with van der Waals surface area (Å²) in [6.45, 7) is 7.13. The third kappa shape index (κ3) is 7.07. The molecule has 0 radical (unpaired) electrons. The van der Waals surface area contributed by atoms with E-state index in [9.17, 15) is 24.6 Å². The summed E-state index contributed by atoms with van der Waals surface area (Å²) in [6, 6.07) is -0.910. The van der Waals surface area contributed by atoms with Crippen molar-refractivity contribution in [1.82, 2.24) is 15.8 Å². The van der Waals surface area contributed by atoms with Crippen molar-refractivity contribution in [3.05, 3.63) is 5.76 Å². The number of ether oxygens (including phenoxy) is 1. The van der Waals surface area contributed by atoms with Gasteiger partial charge < -0.3 is 35.8 Å². The highest BCUT2D eigenvalue weighted by atomic mass is 32.2. The number of nitrogens with zero attached hydrogens (tertiary/aromatic N) is 1. The Balaban J connectivity index is 1.41. The lowest BCUT2D eigenvalue weighted by atomic mass is 9.54. The average Bonchev–Trinajstić information content (AvgIpc) is 3.23. The summed E-state index contributed by atoms with van der Waals surface area (Å²) < 4.78 is 11.4. The van der Waals surface area contributed by atoms with Crippen molar-refractivity contribution in [1.29, 1.82) is 0 Å². The van der Waals surface area contributed by atoms with Crippen molar-refractivity contribution in [2.75, 3.05) is 6.61 Å². The van der Waals surface area contributed by atoms with E-state index >= 15 is 0 Å². The molecule has 0 unspecified atom stereocenters. The second-order valence-corrected chi connectivity index (χ2v) is 14.0. The molecule has 1 heterocycles. The molecule has 6 N–H and O–H groups in total. The van der Waals surface area contributed by atoms with E-state index in [1.54, 1.807) is 13.8 Å². The van der Waals surface area contributed by atoms with Gasteiger partial charge in [-0.25, -0.2) is 0 Å². The summed E-state index contributed by atoms with van der Waals surface area (Å²) in [7, 11) is 0. The van der Waals surface area contributed by atoms with Crippen LogP contribution >= 0.6 is 11.8 Å². The third-order valence-electron chi connectivity index (χ3n) is 8.27. The van der Waals surface area contributed by atoms with Crippen molar-refractivity contribution in [2.24, 2.45) is 34.8 Å². The molecule has 1 aromatic rings. The molecule has 4 fully saturated rings. The molecule has 1 atom stereocenters. The molecule has 1 aromatic heterocycles. The highest BCUT2D eigenvalue weighted by Crippen LogP contribution is 2.53. The minimum absolute atomic E-state index is 0.0172. The number of thioether (sulfide) groups is 1. The first-order valence-electron chi connectivity index (χ1n) is 13.9. The Kier molecular flexibility index (Phi) is 9.17. The third-order valence-corrected chi connectivity index (χ3v) is 9.33. The second kappa shape index (κ2) is 12.1. The number of nitrogens with one attached hydrogen (secondary N) is 2. The molecule has 0 aliphatic heterocycles. The first kappa shape index (κ1) is 29.7. The number of aliphatic hydroxyl groups excluding tert-OH is 1. The summed E-state index contributed by atoms with van der Waals surface area (Å²) in [4.78, 5) is 37.9. The molecule has 11 nitrogen and oxygen atoms in total. The van der Waals surface area contributed by atoms with Gasteiger partial charge in [0.05, 0.1) is 11.5 Å². The topological polar surface area (TPSA) is 177 Å². The van der Waals surface area contributed by atoms with Crippen LogP contribution in [0.25, 0.3) is 0 Å². The van der Waals surface area contributed by atoms with E-state index in [-0.39, 0.29) is 48.3 Å². The van der Waals surface area contributed by atoms with Gasteiger partial charge in [0, 0.05) is 17.7 Å². The molecule has 0 aromatic carbocycles. The molecule has 0 saturated heterocycles. The number of aliphatic hydroxyl groups is 2.